The van der Waals surface area contributed by atoms with E-state index >= 15 is 0 Å². The lowest BCUT2D eigenvalue weighted by Gasteiger charge is -2.15. The zero-order valence-corrected chi connectivity index (χ0v) is 11.0. The van der Waals surface area contributed by atoms with Crippen LogP contribution in [0.2, 0.25) is 0 Å². The summed E-state index contributed by atoms with van der Waals surface area (Å²) in [6.45, 7) is 6.38. The fourth-order valence-corrected chi connectivity index (χ4v) is 1.57. The Labute approximate surface area is 100 Å². The minimum absolute atomic E-state index is 0.115. The first-order valence-corrected chi connectivity index (χ1v) is 6.61. The van der Waals surface area contributed by atoms with Gasteiger partial charge in [0, 0.05) is 6.08 Å². The average Bonchev–Trinajstić information content (AvgIpc) is 2.26. The highest BCUT2D eigenvalue weighted by molar-refractivity contribution is 5.82. The predicted molar refractivity (Wildman–Crippen MR) is 68.4 cm³/mol. The van der Waals surface area contributed by atoms with Gasteiger partial charge in [-0.1, -0.05) is 52.5 Å². The maximum atomic E-state index is 11.5. The Bertz CT molecular complexity index is 197. The zero-order valence-electron chi connectivity index (χ0n) is 11.0. The van der Waals surface area contributed by atoms with Crippen LogP contribution in [0.5, 0.6) is 0 Å². The molecule has 1 unspecified atom stereocenters. The molecule has 2 nitrogen and oxygen atoms in total. The second-order valence-corrected chi connectivity index (χ2v) is 4.18. The molecule has 0 rings (SSSR count). The highest BCUT2D eigenvalue weighted by atomic mass is 16.5. The van der Waals surface area contributed by atoms with Crippen molar-refractivity contribution in [1.29, 1.82) is 0 Å². The first-order chi connectivity index (χ1) is 7.74. The van der Waals surface area contributed by atoms with Crippen molar-refractivity contribution < 1.29 is 9.53 Å². The molecular weight excluding hydrogens is 200 g/mol. The standard InChI is InChI=1S/C14H26O2/c1-4-7-9-12-14(15)16-13(10-6-3)11-8-5-2/h9,12-13H,4-8,10-11H2,1-3H3. The lowest BCUT2D eigenvalue weighted by atomic mass is 10.1. The summed E-state index contributed by atoms with van der Waals surface area (Å²) in [6.07, 6.45) is 10.9. The van der Waals surface area contributed by atoms with Crippen molar-refractivity contribution in [3.63, 3.8) is 0 Å². The second-order valence-electron chi connectivity index (χ2n) is 4.18. The highest BCUT2D eigenvalue weighted by Crippen LogP contribution is 2.11. The highest BCUT2D eigenvalue weighted by Gasteiger charge is 2.10. The van der Waals surface area contributed by atoms with Gasteiger partial charge in [0.25, 0.3) is 0 Å². The lowest BCUT2D eigenvalue weighted by molar-refractivity contribution is -0.143. The molecule has 0 saturated carbocycles. The first-order valence-electron chi connectivity index (χ1n) is 6.61. The Kier molecular flexibility index (Phi) is 10.2. The van der Waals surface area contributed by atoms with Gasteiger partial charge in [0.2, 0.25) is 0 Å². The second kappa shape index (κ2) is 10.7. The number of hydrogen-bond donors (Lipinski definition) is 0. The monoisotopic (exact) mass is 226 g/mol. The molecule has 0 radical (unpaired) electrons. The fourth-order valence-electron chi connectivity index (χ4n) is 1.57. The molecule has 0 aliphatic heterocycles. The van der Waals surface area contributed by atoms with E-state index in [0.29, 0.717) is 0 Å². The molecule has 0 saturated heterocycles. The number of ether oxygens (including phenoxy) is 1. The van der Waals surface area contributed by atoms with E-state index in [1.807, 2.05) is 6.08 Å². The third-order valence-electron chi connectivity index (χ3n) is 2.48. The van der Waals surface area contributed by atoms with E-state index in [4.69, 9.17) is 4.74 Å². The largest absolute Gasteiger partial charge is 0.459 e. The summed E-state index contributed by atoms with van der Waals surface area (Å²) in [4.78, 5) is 11.5. The molecule has 16 heavy (non-hydrogen) atoms. The molecule has 1 atom stereocenters. The van der Waals surface area contributed by atoms with Crippen LogP contribution >= 0.6 is 0 Å². The molecule has 0 spiro atoms. The van der Waals surface area contributed by atoms with Crippen LogP contribution in [0.3, 0.4) is 0 Å². The van der Waals surface area contributed by atoms with E-state index in [-0.39, 0.29) is 12.1 Å². The summed E-state index contributed by atoms with van der Waals surface area (Å²) in [5, 5.41) is 0. The number of carbonyl (C=O) groups excluding carboxylic acids is 1. The molecule has 0 aromatic carbocycles. The fraction of sp³-hybridized carbons (Fsp3) is 0.786. The summed E-state index contributed by atoms with van der Waals surface area (Å²) >= 11 is 0. The summed E-state index contributed by atoms with van der Waals surface area (Å²) in [6, 6.07) is 0. The van der Waals surface area contributed by atoms with Gasteiger partial charge >= 0.3 is 5.97 Å². The molecule has 94 valence electrons. The van der Waals surface area contributed by atoms with Gasteiger partial charge in [0.15, 0.2) is 0 Å². The average molecular weight is 226 g/mol. The molecule has 2 heteroatoms. The third-order valence-corrected chi connectivity index (χ3v) is 2.48. The van der Waals surface area contributed by atoms with Crippen molar-refractivity contribution >= 4 is 5.97 Å². The lowest BCUT2D eigenvalue weighted by Crippen LogP contribution is -2.16. The van der Waals surface area contributed by atoms with Gasteiger partial charge in [0.05, 0.1) is 0 Å². The number of allylic oxidation sites excluding steroid dienone is 1. The van der Waals surface area contributed by atoms with E-state index in [0.717, 1.165) is 44.9 Å². The molecule has 0 N–H and O–H groups in total. The van der Waals surface area contributed by atoms with E-state index in [1.165, 1.54) is 0 Å². The van der Waals surface area contributed by atoms with Gasteiger partial charge in [0.1, 0.15) is 6.10 Å². The molecule has 0 bridgehead atoms. The van der Waals surface area contributed by atoms with E-state index < -0.39 is 0 Å². The summed E-state index contributed by atoms with van der Waals surface area (Å²) in [5.41, 5.74) is 0. The minimum Gasteiger partial charge on any atom is -0.459 e. The normalized spacial score (nSPS) is 12.9. The van der Waals surface area contributed by atoms with E-state index in [1.54, 1.807) is 6.08 Å². The van der Waals surface area contributed by atoms with Gasteiger partial charge in [-0.15, -0.1) is 0 Å². The first kappa shape index (κ1) is 15.2. The van der Waals surface area contributed by atoms with Gasteiger partial charge < -0.3 is 4.74 Å². The van der Waals surface area contributed by atoms with Gasteiger partial charge in [-0.05, 0) is 19.3 Å². The van der Waals surface area contributed by atoms with Crippen molar-refractivity contribution in [3.8, 4) is 0 Å². The summed E-state index contributed by atoms with van der Waals surface area (Å²) < 4.78 is 5.41. The molecule has 0 heterocycles. The maximum Gasteiger partial charge on any atom is 0.330 e. The Morgan fingerprint density at radius 2 is 1.88 bits per heavy atom. The van der Waals surface area contributed by atoms with Crippen LogP contribution < -0.4 is 0 Å². The summed E-state index contributed by atoms with van der Waals surface area (Å²) in [5.74, 6) is -0.178. The summed E-state index contributed by atoms with van der Waals surface area (Å²) in [7, 11) is 0. The minimum atomic E-state index is -0.178. The van der Waals surface area contributed by atoms with Crippen LogP contribution in [-0.2, 0) is 9.53 Å². The topological polar surface area (TPSA) is 26.3 Å². The smallest absolute Gasteiger partial charge is 0.330 e. The Morgan fingerprint density at radius 1 is 1.12 bits per heavy atom. The Balaban J connectivity index is 3.91. The molecule has 0 aliphatic carbocycles. The van der Waals surface area contributed by atoms with Crippen LogP contribution in [0, 0.1) is 0 Å². The predicted octanol–water partition coefficient (Wildman–Crippen LogP) is 4.24. The number of unbranched alkanes of at least 4 members (excludes halogenated alkanes) is 2. The molecular formula is C14H26O2. The van der Waals surface area contributed by atoms with Crippen molar-refractivity contribution in [2.24, 2.45) is 0 Å². The van der Waals surface area contributed by atoms with Crippen molar-refractivity contribution in [1.82, 2.24) is 0 Å². The van der Waals surface area contributed by atoms with Crippen LogP contribution in [0.15, 0.2) is 12.2 Å². The van der Waals surface area contributed by atoms with Crippen LogP contribution in [0.1, 0.15) is 65.7 Å². The number of hydrogen-bond acceptors (Lipinski definition) is 2. The number of esters is 1. The molecule has 0 aromatic heterocycles. The van der Waals surface area contributed by atoms with Crippen LogP contribution in [0.25, 0.3) is 0 Å². The van der Waals surface area contributed by atoms with E-state index in [9.17, 15) is 4.79 Å². The number of carbonyl (C=O) groups is 1. The SMILES string of the molecule is CCCC=CC(=O)OC(CCC)CCCC. The van der Waals surface area contributed by atoms with Crippen LogP contribution in [-0.4, -0.2) is 12.1 Å². The third kappa shape index (κ3) is 8.51. The van der Waals surface area contributed by atoms with Gasteiger partial charge in [-0.3, -0.25) is 0 Å². The Hall–Kier alpha value is -0.790. The maximum absolute atomic E-state index is 11.5. The number of rotatable bonds is 9. The quantitative estimate of drug-likeness (QED) is 0.434. The van der Waals surface area contributed by atoms with Gasteiger partial charge in [-0.2, -0.15) is 0 Å². The van der Waals surface area contributed by atoms with E-state index in [2.05, 4.69) is 20.8 Å². The van der Waals surface area contributed by atoms with Crippen LogP contribution in [0.4, 0.5) is 0 Å². The zero-order chi connectivity index (χ0) is 12.2. The molecule has 0 fully saturated rings. The van der Waals surface area contributed by atoms with Crippen molar-refractivity contribution in [2.75, 3.05) is 0 Å². The molecule has 0 aliphatic rings. The van der Waals surface area contributed by atoms with Crippen molar-refractivity contribution in [3.05, 3.63) is 12.2 Å². The van der Waals surface area contributed by atoms with Crippen molar-refractivity contribution in [2.45, 2.75) is 71.8 Å². The molecule has 0 amide bonds. The molecule has 0 aromatic rings. The van der Waals surface area contributed by atoms with Gasteiger partial charge in [-0.25, -0.2) is 4.79 Å². The Morgan fingerprint density at radius 3 is 2.44 bits per heavy atom.